The van der Waals surface area contributed by atoms with Crippen LogP contribution in [0.15, 0.2) is 22.9 Å². The number of hydrogen-bond donors (Lipinski definition) is 1. The van der Waals surface area contributed by atoms with Gasteiger partial charge in [0.15, 0.2) is 5.82 Å². The van der Waals surface area contributed by atoms with E-state index in [2.05, 4.69) is 15.6 Å². The number of aromatic nitrogens is 3. The molecule has 1 N–H and O–H groups in total. The van der Waals surface area contributed by atoms with Crippen molar-refractivity contribution < 1.29 is 9.32 Å². The van der Waals surface area contributed by atoms with Crippen molar-refractivity contribution in [1.82, 2.24) is 14.9 Å². The fourth-order valence-corrected chi connectivity index (χ4v) is 1.42. The van der Waals surface area contributed by atoms with Crippen LogP contribution in [0.25, 0.3) is 0 Å². The average Bonchev–Trinajstić information content (AvgIpc) is 2.87. The number of rotatable bonds is 3. The molecule has 1 atom stereocenters. The number of carbonyl (C=O) groups excluding carboxylic acids is 1. The summed E-state index contributed by atoms with van der Waals surface area (Å²) >= 11 is 0. The molecule has 0 radical (unpaired) electrons. The van der Waals surface area contributed by atoms with Crippen LogP contribution in [0.2, 0.25) is 0 Å². The highest BCUT2D eigenvalue weighted by atomic mass is 16.5. The summed E-state index contributed by atoms with van der Waals surface area (Å²) < 4.78 is 6.48. The van der Waals surface area contributed by atoms with Gasteiger partial charge in [-0.05, 0) is 26.8 Å². The van der Waals surface area contributed by atoms with Crippen LogP contribution in [0.4, 0.5) is 5.82 Å². The molecule has 0 aliphatic heterocycles. The third kappa shape index (κ3) is 2.52. The van der Waals surface area contributed by atoms with E-state index in [1.165, 1.54) is 0 Å². The molecule has 2 heterocycles. The van der Waals surface area contributed by atoms with Gasteiger partial charge in [0.25, 0.3) is 0 Å². The van der Waals surface area contributed by atoms with Crippen LogP contribution in [-0.4, -0.2) is 20.8 Å². The predicted octanol–water partition coefficient (Wildman–Crippen LogP) is 1.69. The Labute approximate surface area is 98.6 Å². The smallest absolute Gasteiger partial charge is 0.250 e. The zero-order valence-corrected chi connectivity index (χ0v) is 9.97. The second-order valence-electron chi connectivity index (χ2n) is 3.93. The van der Waals surface area contributed by atoms with Crippen LogP contribution in [-0.2, 0) is 4.79 Å². The van der Waals surface area contributed by atoms with Gasteiger partial charge in [0.2, 0.25) is 5.91 Å². The van der Waals surface area contributed by atoms with E-state index in [-0.39, 0.29) is 11.9 Å². The molecule has 2 rings (SSSR count). The first-order chi connectivity index (χ1) is 8.06. The van der Waals surface area contributed by atoms with Crippen molar-refractivity contribution in [3.8, 4) is 0 Å². The predicted molar refractivity (Wildman–Crippen MR) is 61.5 cm³/mol. The van der Waals surface area contributed by atoms with E-state index in [0.29, 0.717) is 11.6 Å². The number of carbonyl (C=O) groups is 1. The Morgan fingerprint density at radius 2 is 2.29 bits per heavy atom. The van der Waals surface area contributed by atoms with Crippen LogP contribution in [0.5, 0.6) is 0 Å². The van der Waals surface area contributed by atoms with E-state index < -0.39 is 0 Å². The molecule has 0 spiro atoms. The van der Waals surface area contributed by atoms with E-state index >= 15 is 0 Å². The minimum Gasteiger partial charge on any atom is -0.360 e. The third-order valence-corrected chi connectivity index (χ3v) is 2.40. The summed E-state index contributed by atoms with van der Waals surface area (Å²) in [5.41, 5.74) is 0.877. The van der Waals surface area contributed by atoms with Crippen molar-refractivity contribution in [2.75, 3.05) is 5.32 Å². The molecule has 6 nitrogen and oxygen atoms in total. The minimum absolute atomic E-state index is 0.179. The molecule has 0 saturated heterocycles. The molecule has 0 fully saturated rings. The van der Waals surface area contributed by atoms with Gasteiger partial charge in [-0.2, -0.15) is 5.10 Å². The molecule has 17 heavy (non-hydrogen) atoms. The fourth-order valence-electron chi connectivity index (χ4n) is 1.42. The van der Waals surface area contributed by atoms with Gasteiger partial charge in [0.05, 0.1) is 5.69 Å². The van der Waals surface area contributed by atoms with Crippen molar-refractivity contribution in [2.24, 2.45) is 0 Å². The maximum atomic E-state index is 11.9. The molecular weight excluding hydrogens is 220 g/mol. The van der Waals surface area contributed by atoms with Gasteiger partial charge < -0.3 is 9.84 Å². The highest BCUT2D eigenvalue weighted by Gasteiger charge is 2.16. The Morgan fingerprint density at radius 1 is 1.53 bits per heavy atom. The summed E-state index contributed by atoms with van der Waals surface area (Å²) in [5.74, 6) is 0.896. The fraction of sp³-hybridized carbons (Fsp3) is 0.364. The molecule has 0 aromatic carbocycles. The Hall–Kier alpha value is -2.11. The number of anilines is 1. The Balaban J connectivity index is 2.05. The lowest BCUT2D eigenvalue weighted by atomic mass is 10.3. The largest absolute Gasteiger partial charge is 0.360 e. The second kappa shape index (κ2) is 4.40. The average molecular weight is 234 g/mol. The third-order valence-electron chi connectivity index (χ3n) is 2.40. The summed E-state index contributed by atoms with van der Waals surface area (Å²) in [6.45, 7) is 5.42. The molecule has 2 aromatic rings. The standard InChI is InChI=1S/C11H14N4O2/c1-7-4-5-15(13-7)9(3)11(16)12-10-6-8(2)17-14-10/h4-6,9H,1-3H3,(H,12,14,16). The van der Waals surface area contributed by atoms with Crippen molar-refractivity contribution in [3.05, 3.63) is 29.8 Å². The number of nitrogens with zero attached hydrogens (tertiary/aromatic N) is 3. The number of hydrogen-bond acceptors (Lipinski definition) is 4. The molecule has 0 bridgehead atoms. The van der Waals surface area contributed by atoms with E-state index in [1.54, 1.807) is 30.8 Å². The van der Waals surface area contributed by atoms with Gasteiger partial charge in [-0.25, -0.2) is 0 Å². The van der Waals surface area contributed by atoms with Crippen molar-refractivity contribution >= 4 is 11.7 Å². The first-order valence-electron chi connectivity index (χ1n) is 5.32. The summed E-state index contributed by atoms with van der Waals surface area (Å²) in [4.78, 5) is 11.9. The molecule has 1 amide bonds. The molecule has 90 valence electrons. The van der Waals surface area contributed by atoms with Gasteiger partial charge >= 0.3 is 0 Å². The zero-order valence-electron chi connectivity index (χ0n) is 9.97. The molecule has 0 saturated carbocycles. The Morgan fingerprint density at radius 3 is 2.82 bits per heavy atom. The maximum Gasteiger partial charge on any atom is 0.250 e. The summed E-state index contributed by atoms with van der Waals surface area (Å²) in [7, 11) is 0. The van der Waals surface area contributed by atoms with E-state index in [9.17, 15) is 4.79 Å². The van der Waals surface area contributed by atoms with Gasteiger partial charge in [-0.1, -0.05) is 5.16 Å². The number of aryl methyl sites for hydroxylation is 2. The number of amides is 1. The van der Waals surface area contributed by atoms with E-state index in [0.717, 1.165) is 5.69 Å². The Bertz CT molecular complexity index is 529. The minimum atomic E-state index is -0.388. The topological polar surface area (TPSA) is 73.0 Å². The quantitative estimate of drug-likeness (QED) is 0.877. The van der Waals surface area contributed by atoms with Gasteiger partial charge in [-0.3, -0.25) is 9.48 Å². The molecular formula is C11H14N4O2. The monoisotopic (exact) mass is 234 g/mol. The molecule has 2 aromatic heterocycles. The summed E-state index contributed by atoms with van der Waals surface area (Å²) in [6.07, 6.45) is 1.77. The molecule has 0 aliphatic carbocycles. The normalized spacial score (nSPS) is 12.4. The van der Waals surface area contributed by atoms with Crippen molar-refractivity contribution in [1.29, 1.82) is 0 Å². The lowest BCUT2D eigenvalue weighted by Crippen LogP contribution is -2.24. The van der Waals surface area contributed by atoms with Crippen molar-refractivity contribution in [3.63, 3.8) is 0 Å². The molecule has 0 aliphatic rings. The van der Waals surface area contributed by atoms with Crippen LogP contribution in [0, 0.1) is 13.8 Å². The lowest BCUT2D eigenvalue weighted by Gasteiger charge is -2.10. The van der Waals surface area contributed by atoms with Crippen molar-refractivity contribution in [2.45, 2.75) is 26.8 Å². The lowest BCUT2D eigenvalue weighted by molar-refractivity contribution is -0.119. The Kier molecular flexibility index (Phi) is 2.95. The van der Waals surface area contributed by atoms with Crippen LogP contribution in [0.1, 0.15) is 24.4 Å². The van der Waals surface area contributed by atoms with Gasteiger partial charge in [-0.15, -0.1) is 0 Å². The highest BCUT2D eigenvalue weighted by Crippen LogP contribution is 2.11. The van der Waals surface area contributed by atoms with Gasteiger partial charge in [0, 0.05) is 12.3 Å². The highest BCUT2D eigenvalue weighted by molar-refractivity contribution is 5.92. The SMILES string of the molecule is Cc1ccn(C(C)C(=O)Nc2cc(C)on2)n1. The molecule has 6 heteroatoms. The van der Waals surface area contributed by atoms with Gasteiger partial charge in [0.1, 0.15) is 11.8 Å². The first-order valence-corrected chi connectivity index (χ1v) is 5.32. The zero-order chi connectivity index (χ0) is 12.4. The summed E-state index contributed by atoms with van der Waals surface area (Å²) in [6, 6.07) is 3.13. The number of nitrogens with one attached hydrogen (secondary N) is 1. The second-order valence-corrected chi connectivity index (χ2v) is 3.93. The van der Waals surface area contributed by atoms with Crippen LogP contribution in [0.3, 0.4) is 0 Å². The van der Waals surface area contributed by atoms with Crippen LogP contribution < -0.4 is 5.32 Å². The summed E-state index contributed by atoms with van der Waals surface area (Å²) in [5, 5.41) is 10.6. The first kappa shape index (κ1) is 11.4. The van der Waals surface area contributed by atoms with E-state index in [4.69, 9.17) is 4.52 Å². The maximum absolute atomic E-state index is 11.9. The molecule has 1 unspecified atom stereocenters. The van der Waals surface area contributed by atoms with E-state index in [1.807, 2.05) is 13.0 Å². The van der Waals surface area contributed by atoms with Crippen LogP contribution >= 0.6 is 0 Å².